The molecule has 0 bridgehead atoms. The van der Waals surface area contributed by atoms with E-state index in [1.54, 1.807) is 37.4 Å². The van der Waals surface area contributed by atoms with Crippen molar-refractivity contribution in [3.63, 3.8) is 0 Å². The molecule has 0 aliphatic carbocycles. The molecule has 1 atom stereocenters. The number of carboxylic acids is 1. The summed E-state index contributed by atoms with van der Waals surface area (Å²) < 4.78 is 40.4. The molecule has 1 unspecified atom stereocenters. The summed E-state index contributed by atoms with van der Waals surface area (Å²) in [6.07, 6.45) is -1.87. The van der Waals surface area contributed by atoms with E-state index < -0.39 is 23.8 Å². The number of pyridine rings is 2. The molecule has 0 saturated carbocycles. The van der Waals surface area contributed by atoms with Gasteiger partial charge in [0, 0.05) is 6.20 Å². The third-order valence-corrected chi connectivity index (χ3v) is 5.12. The summed E-state index contributed by atoms with van der Waals surface area (Å²) in [5, 5.41) is 29.9. The number of aromatic carboxylic acids is 1. The molecule has 4 rings (SSSR count). The zero-order valence-electron chi connectivity index (χ0n) is 18.2. The highest BCUT2D eigenvalue weighted by atomic mass is 19.4. The van der Waals surface area contributed by atoms with Crippen molar-refractivity contribution in [2.75, 3.05) is 11.9 Å². The number of anilines is 2. The maximum atomic E-state index is 13.0. The number of carbonyl (C=O) groups is 1. The Kier molecular flexibility index (Phi) is 6.47. The number of aryl methyl sites for hydroxylation is 1. The van der Waals surface area contributed by atoms with Crippen LogP contribution in [0.3, 0.4) is 0 Å². The summed E-state index contributed by atoms with van der Waals surface area (Å²) in [6.45, 7) is 1.48. The van der Waals surface area contributed by atoms with Crippen molar-refractivity contribution in [2.24, 2.45) is 0 Å². The summed E-state index contributed by atoms with van der Waals surface area (Å²) in [7, 11) is 0. The van der Waals surface area contributed by atoms with Gasteiger partial charge >= 0.3 is 12.1 Å². The fourth-order valence-electron chi connectivity index (χ4n) is 3.41. The zero-order valence-corrected chi connectivity index (χ0v) is 18.2. The number of benzene rings is 1. The maximum Gasteiger partial charge on any atom is 0.416 e. The second-order valence-electron chi connectivity index (χ2n) is 7.68. The van der Waals surface area contributed by atoms with Gasteiger partial charge in [-0.25, -0.2) is 19.4 Å². The highest BCUT2D eigenvalue weighted by Gasteiger charge is 2.30. The highest BCUT2D eigenvalue weighted by molar-refractivity contribution is 5.87. The van der Waals surface area contributed by atoms with Crippen LogP contribution in [-0.2, 0) is 6.18 Å². The van der Waals surface area contributed by atoms with E-state index in [0.29, 0.717) is 17.0 Å². The van der Waals surface area contributed by atoms with Crippen LogP contribution in [0, 0.1) is 6.92 Å². The van der Waals surface area contributed by atoms with E-state index >= 15 is 0 Å². The Balaban J connectivity index is 1.60. The molecule has 0 aliphatic heterocycles. The number of aliphatic hydroxyl groups is 1. The lowest BCUT2D eigenvalue weighted by atomic mass is 10.1. The van der Waals surface area contributed by atoms with Crippen LogP contribution in [0.25, 0.3) is 11.4 Å². The Labute approximate surface area is 196 Å². The van der Waals surface area contributed by atoms with Crippen LogP contribution in [-0.4, -0.2) is 47.8 Å². The number of rotatable bonds is 7. The van der Waals surface area contributed by atoms with Crippen molar-refractivity contribution in [3.8, 4) is 11.4 Å². The molecule has 3 heterocycles. The summed E-state index contributed by atoms with van der Waals surface area (Å²) in [5.74, 6) is -0.808. The first-order valence-corrected chi connectivity index (χ1v) is 10.3. The average Bonchev–Trinajstić information content (AvgIpc) is 3.29. The van der Waals surface area contributed by atoms with Crippen LogP contribution < -0.4 is 5.32 Å². The van der Waals surface area contributed by atoms with Gasteiger partial charge in [0.2, 0.25) is 0 Å². The number of hydrogen-bond acceptors (Lipinski definition) is 7. The topological polar surface area (TPSA) is 126 Å². The van der Waals surface area contributed by atoms with Crippen molar-refractivity contribution in [1.82, 2.24) is 25.0 Å². The third-order valence-electron chi connectivity index (χ3n) is 5.12. The monoisotopic (exact) mass is 484 g/mol. The molecule has 3 N–H and O–H groups in total. The second-order valence-corrected chi connectivity index (χ2v) is 7.68. The van der Waals surface area contributed by atoms with Crippen molar-refractivity contribution in [3.05, 3.63) is 83.2 Å². The highest BCUT2D eigenvalue weighted by Crippen LogP contribution is 2.31. The van der Waals surface area contributed by atoms with Gasteiger partial charge in [0.25, 0.3) is 0 Å². The second kappa shape index (κ2) is 9.50. The van der Waals surface area contributed by atoms with Gasteiger partial charge in [-0.2, -0.15) is 13.2 Å². The van der Waals surface area contributed by atoms with Crippen molar-refractivity contribution < 1.29 is 28.2 Å². The number of nitrogens with zero attached hydrogens (tertiary/aromatic N) is 5. The minimum absolute atomic E-state index is 0.0160. The molecule has 0 fully saturated rings. The third kappa shape index (κ3) is 5.44. The normalized spacial score (nSPS) is 12.4. The van der Waals surface area contributed by atoms with Crippen molar-refractivity contribution >= 4 is 17.6 Å². The summed E-state index contributed by atoms with van der Waals surface area (Å²) >= 11 is 0. The summed E-state index contributed by atoms with van der Waals surface area (Å²) in [4.78, 5) is 19.4. The Bertz CT molecular complexity index is 1360. The van der Waals surface area contributed by atoms with Gasteiger partial charge in [-0.05, 0) is 54.4 Å². The number of aliphatic hydroxyl groups excluding tert-OH is 1. The van der Waals surface area contributed by atoms with Crippen LogP contribution in [0.2, 0.25) is 0 Å². The smallest absolute Gasteiger partial charge is 0.416 e. The number of halogens is 3. The molecular weight excluding hydrogens is 465 g/mol. The molecule has 4 aromatic rings. The first-order valence-electron chi connectivity index (χ1n) is 10.3. The lowest BCUT2D eigenvalue weighted by molar-refractivity contribution is -0.137. The first kappa shape index (κ1) is 23.8. The minimum atomic E-state index is -4.50. The van der Waals surface area contributed by atoms with E-state index in [1.165, 1.54) is 16.8 Å². The van der Waals surface area contributed by atoms with Crippen LogP contribution >= 0.6 is 0 Å². The fourth-order valence-corrected chi connectivity index (χ4v) is 3.41. The molecule has 0 radical (unpaired) electrons. The maximum absolute atomic E-state index is 13.0. The Morgan fingerprint density at radius 2 is 1.83 bits per heavy atom. The molecule has 1 aromatic carbocycles. The molecule has 12 heteroatoms. The van der Waals surface area contributed by atoms with Gasteiger partial charge < -0.3 is 15.5 Å². The Hall–Kier alpha value is -4.32. The average molecular weight is 484 g/mol. The first-order chi connectivity index (χ1) is 16.6. The van der Waals surface area contributed by atoms with E-state index in [2.05, 4.69) is 25.6 Å². The fraction of sp³-hybridized carbons (Fsp3) is 0.174. The van der Waals surface area contributed by atoms with Gasteiger partial charge in [0.1, 0.15) is 23.4 Å². The van der Waals surface area contributed by atoms with Crippen molar-refractivity contribution in [2.45, 2.75) is 19.1 Å². The predicted molar refractivity (Wildman–Crippen MR) is 119 cm³/mol. The van der Waals surface area contributed by atoms with Gasteiger partial charge in [0.05, 0.1) is 29.6 Å². The Morgan fingerprint density at radius 3 is 2.49 bits per heavy atom. The van der Waals surface area contributed by atoms with Crippen LogP contribution in [0.1, 0.15) is 33.1 Å². The molecule has 180 valence electrons. The van der Waals surface area contributed by atoms with Crippen LogP contribution in [0.15, 0.2) is 60.9 Å². The minimum Gasteiger partial charge on any atom is -0.478 e. The largest absolute Gasteiger partial charge is 0.478 e. The molecular formula is C23H19F3N6O3. The van der Waals surface area contributed by atoms with E-state index in [-0.39, 0.29) is 23.8 Å². The van der Waals surface area contributed by atoms with Crippen LogP contribution in [0.5, 0.6) is 0 Å². The van der Waals surface area contributed by atoms with E-state index in [4.69, 9.17) is 5.11 Å². The lowest BCUT2D eigenvalue weighted by Gasteiger charge is -2.14. The summed E-state index contributed by atoms with van der Waals surface area (Å²) in [5.41, 5.74) is 1.45. The number of carboxylic acid groups (broad SMARTS) is 1. The Morgan fingerprint density at radius 1 is 1.09 bits per heavy atom. The molecule has 35 heavy (non-hydrogen) atoms. The van der Waals surface area contributed by atoms with Gasteiger partial charge in [-0.3, -0.25) is 0 Å². The number of nitrogens with one attached hydrogen (secondary N) is 1. The van der Waals surface area contributed by atoms with Gasteiger partial charge in [0.15, 0.2) is 0 Å². The molecule has 0 saturated heterocycles. The standard InChI is InChI=1S/C23H19F3N6O3/c1-13-8-17(28-21(9-13)29-20-10-16(6-7-27-20)23(24,25)26)18-11-32(31-30-18)19(12-33)14-2-4-15(5-3-14)22(34)35/h2-11,19,33H,12H2,1H3,(H,34,35)(H,27,28,29). The molecule has 0 amide bonds. The zero-order chi connectivity index (χ0) is 25.2. The van der Waals surface area contributed by atoms with E-state index in [9.17, 15) is 23.1 Å². The quantitative estimate of drug-likeness (QED) is 0.358. The molecule has 0 aliphatic rings. The predicted octanol–water partition coefficient (Wildman–Crippen LogP) is 4.09. The molecule has 3 aromatic heterocycles. The van der Waals surface area contributed by atoms with Gasteiger partial charge in [-0.15, -0.1) is 5.10 Å². The number of hydrogen-bond donors (Lipinski definition) is 3. The number of alkyl halides is 3. The van der Waals surface area contributed by atoms with E-state index in [1.807, 2.05) is 0 Å². The molecule has 0 spiro atoms. The lowest BCUT2D eigenvalue weighted by Crippen LogP contribution is -2.15. The van der Waals surface area contributed by atoms with Gasteiger partial charge in [-0.1, -0.05) is 17.3 Å². The van der Waals surface area contributed by atoms with Crippen molar-refractivity contribution in [1.29, 1.82) is 0 Å². The SMILES string of the molecule is Cc1cc(Nc2cc(C(F)(F)F)ccn2)nc(-c2cn(C(CO)c3ccc(C(=O)O)cc3)nn2)c1. The van der Waals surface area contributed by atoms with E-state index in [0.717, 1.165) is 23.9 Å². The molecule has 9 nitrogen and oxygen atoms in total. The summed E-state index contributed by atoms with van der Waals surface area (Å²) in [6, 6.07) is 10.6. The number of aromatic nitrogens is 5. The van der Waals surface area contributed by atoms with Crippen LogP contribution in [0.4, 0.5) is 24.8 Å².